The summed E-state index contributed by atoms with van der Waals surface area (Å²) in [6, 6.07) is 1.76. The minimum absolute atomic E-state index is 0.0580. The summed E-state index contributed by atoms with van der Waals surface area (Å²) < 4.78 is 7.92. The molecule has 0 amide bonds. The van der Waals surface area contributed by atoms with Crippen molar-refractivity contribution in [3.05, 3.63) is 56.7 Å². The Hall–Kier alpha value is -1.83. The Bertz CT molecular complexity index is 973. The Morgan fingerprint density at radius 2 is 2.15 bits per heavy atom. The predicted octanol–water partition coefficient (Wildman–Crippen LogP) is 3.91. The molecule has 26 heavy (non-hydrogen) atoms. The number of halogens is 2. The molecule has 0 aliphatic carbocycles. The lowest BCUT2D eigenvalue weighted by Crippen LogP contribution is -2.12. The highest BCUT2D eigenvalue weighted by Gasteiger charge is 2.19. The number of hydrogen-bond donors (Lipinski definition) is 0. The SMILES string of the molecule is COC(C)c1c(CC(=O)Cc2cc(Cl)c3ncnn3c2)cnc(C)c1Br. The molecule has 0 fully saturated rings. The lowest BCUT2D eigenvalue weighted by Gasteiger charge is -2.18. The van der Waals surface area contributed by atoms with Crippen molar-refractivity contribution in [2.75, 3.05) is 7.11 Å². The standard InChI is InChI=1S/C18H18BrClN4O2/c1-10-17(19)16(11(2)26-3)13(7-21-10)6-14(25)4-12-5-15(20)18-22-9-23-24(18)8-12/h5,7-9,11H,4,6H2,1-3H3. The van der Waals surface area contributed by atoms with Crippen LogP contribution in [-0.4, -0.2) is 32.5 Å². The van der Waals surface area contributed by atoms with E-state index in [9.17, 15) is 4.79 Å². The van der Waals surface area contributed by atoms with E-state index in [2.05, 4.69) is 31.0 Å². The first kappa shape index (κ1) is 18.9. The van der Waals surface area contributed by atoms with Gasteiger partial charge in [0.25, 0.3) is 0 Å². The summed E-state index contributed by atoms with van der Waals surface area (Å²) in [4.78, 5) is 21.1. The molecule has 3 heterocycles. The Morgan fingerprint density at radius 3 is 2.88 bits per heavy atom. The van der Waals surface area contributed by atoms with Gasteiger partial charge in [0, 0.05) is 42.4 Å². The number of nitrogens with zero attached hydrogens (tertiary/aromatic N) is 4. The molecule has 136 valence electrons. The van der Waals surface area contributed by atoms with Gasteiger partial charge in [-0.15, -0.1) is 0 Å². The largest absolute Gasteiger partial charge is 0.377 e. The van der Waals surface area contributed by atoms with Gasteiger partial charge in [0.15, 0.2) is 5.65 Å². The molecule has 0 bridgehead atoms. The van der Waals surface area contributed by atoms with Gasteiger partial charge in [-0.3, -0.25) is 9.78 Å². The van der Waals surface area contributed by atoms with Crippen molar-refractivity contribution in [3.8, 4) is 0 Å². The second kappa shape index (κ2) is 7.82. The molecule has 1 atom stereocenters. The van der Waals surface area contributed by atoms with Crippen molar-refractivity contribution in [3.63, 3.8) is 0 Å². The number of carbonyl (C=O) groups is 1. The number of carbonyl (C=O) groups excluding carboxylic acids is 1. The van der Waals surface area contributed by atoms with Crippen LogP contribution in [0.4, 0.5) is 0 Å². The van der Waals surface area contributed by atoms with Gasteiger partial charge in [0.1, 0.15) is 12.1 Å². The molecular formula is C18H18BrClN4O2. The highest BCUT2D eigenvalue weighted by molar-refractivity contribution is 9.10. The average Bonchev–Trinajstić information content (AvgIpc) is 3.07. The van der Waals surface area contributed by atoms with Gasteiger partial charge in [0.2, 0.25) is 0 Å². The molecule has 0 radical (unpaired) electrons. The summed E-state index contributed by atoms with van der Waals surface area (Å²) in [5.74, 6) is 0.0580. The van der Waals surface area contributed by atoms with Crippen LogP contribution in [0, 0.1) is 6.92 Å². The monoisotopic (exact) mass is 436 g/mol. The van der Waals surface area contributed by atoms with E-state index in [1.54, 1.807) is 30.1 Å². The molecule has 0 aliphatic rings. The maximum Gasteiger partial charge on any atom is 0.173 e. The van der Waals surface area contributed by atoms with Crippen LogP contribution in [0.3, 0.4) is 0 Å². The van der Waals surface area contributed by atoms with Gasteiger partial charge in [-0.05, 0) is 47.0 Å². The third-order valence-electron chi connectivity index (χ3n) is 4.25. The number of aromatic nitrogens is 4. The first-order valence-corrected chi connectivity index (χ1v) is 9.24. The molecule has 0 N–H and O–H groups in total. The third kappa shape index (κ3) is 3.79. The van der Waals surface area contributed by atoms with Crippen LogP contribution < -0.4 is 0 Å². The Kier molecular flexibility index (Phi) is 5.70. The van der Waals surface area contributed by atoms with Crippen LogP contribution in [0.2, 0.25) is 5.02 Å². The van der Waals surface area contributed by atoms with Crippen molar-refractivity contribution >= 4 is 39.0 Å². The van der Waals surface area contributed by atoms with Gasteiger partial charge >= 0.3 is 0 Å². The van der Waals surface area contributed by atoms with Crippen LogP contribution in [0.25, 0.3) is 5.65 Å². The first-order valence-electron chi connectivity index (χ1n) is 8.06. The van der Waals surface area contributed by atoms with E-state index < -0.39 is 0 Å². The molecule has 0 saturated carbocycles. The van der Waals surface area contributed by atoms with Crippen molar-refractivity contribution in [2.24, 2.45) is 0 Å². The van der Waals surface area contributed by atoms with E-state index in [1.165, 1.54) is 6.33 Å². The molecule has 6 nitrogen and oxygen atoms in total. The molecule has 3 rings (SSSR count). The van der Waals surface area contributed by atoms with E-state index in [1.807, 2.05) is 13.8 Å². The summed E-state index contributed by atoms with van der Waals surface area (Å²) in [5.41, 5.74) is 4.04. The van der Waals surface area contributed by atoms with E-state index >= 15 is 0 Å². The second-order valence-corrected chi connectivity index (χ2v) is 7.29. The zero-order valence-corrected chi connectivity index (χ0v) is 17.0. The fraction of sp³-hybridized carbons (Fsp3) is 0.333. The number of Topliss-reactive ketones (excluding diaryl/α,β-unsaturated/α-hetero) is 1. The maximum atomic E-state index is 12.7. The summed E-state index contributed by atoms with van der Waals surface area (Å²) in [7, 11) is 1.65. The number of ketones is 1. The molecule has 0 aliphatic heterocycles. The highest BCUT2D eigenvalue weighted by Crippen LogP contribution is 2.31. The zero-order valence-electron chi connectivity index (χ0n) is 14.7. The maximum absolute atomic E-state index is 12.7. The summed E-state index contributed by atoms with van der Waals surface area (Å²) in [5, 5.41) is 4.55. The summed E-state index contributed by atoms with van der Waals surface area (Å²) in [6.45, 7) is 3.86. The molecular weight excluding hydrogens is 420 g/mol. The van der Waals surface area contributed by atoms with Crippen molar-refractivity contribution < 1.29 is 9.53 Å². The van der Waals surface area contributed by atoms with Crippen molar-refractivity contribution in [1.82, 2.24) is 19.6 Å². The Morgan fingerprint density at radius 1 is 1.38 bits per heavy atom. The lowest BCUT2D eigenvalue weighted by atomic mass is 9.98. The van der Waals surface area contributed by atoms with Gasteiger partial charge in [-0.2, -0.15) is 5.10 Å². The van der Waals surface area contributed by atoms with E-state index in [0.29, 0.717) is 10.7 Å². The predicted molar refractivity (Wildman–Crippen MR) is 103 cm³/mol. The van der Waals surface area contributed by atoms with E-state index in [-0.39, 0.29) is 24.7 Å². The van der Waals surface area contributed by atoms with Crippen molar-refractivity contribution in [2.45, 2.75) is 32.8 Å². The minimum Gasteiger partial charge on any atom is -0.377 e. The fourth-order valence-corrected chi connectivity index (χ4v) is 3.83. The van der Waals surface area contributed by atoms with Gasteiger partial charge in [0.05, 0.1) is 16.8 Å². The number of fused-ring (bicyclic) bond motifs is 1. The van der Waals surface area contributed by atoms with Crippen LogP contribution in [0.15, 0.2) is 29.3 Å². The molecule has 3 aromatic heterocycles. The molecule has 3 aromatic rings. The Labute approximate surface area is 164 Å². The fourth-order valence-electron chi connectivity index (χ4n) is 2.87. The normalized spacial score (nSPS) is 12.5. The Balaban J connectivity index is 1.84. The lowest BCUT2D eigenvalue weighted by molar-refractivity contribution is -0.117. The zero-order chi connectivity index (χ0) is 18.8. The second-order valence-electron chi connectivity index (χ2n) is 6.09. The molecule has 0 spiro atoms. The third-order valence-corrected chi connectivity index (χ3v) is 5.53. The minimum atomic E-state index is -0.144. The number of aryl methyl sites for hydroxylation is 1. The van der Waals surface area contributed by atoms with E-state index in [0.717, 1.165) is 26.9 Å². The number of hydrogen-bond acceptors (Lipinski definition) is 5. The van der Waals surface area contributed by atoms with Gasteiger partial charge in [-0.25, -0.2) is 9.50 Å². The van der Waals surface area contributed by atoms with Gasteiger partial charge < -0.3 is 4.74 Å². The topological polar surface area (TPSA) is 69.4 Å². The number of methoxy groups -OCH3 is 1. The molecule has 0 saturated heterocycles. The quantitative estimate of drug-likeness (QED) is 0.585. The van der Waals surface area contributed by atoms with Crippen LogP contribution in [0.5, 0.6) is 0 Å². The smallest absolute Gasteiger partial charge is 0.173 e. The van der Waals surface area contributed by atoms with Crippen LogP contribution >= 0.6 is 27.5 Å². The van der Waals surface area contributed by atoms with Crippen molar-refractivity contribution in [1.29, 1.82) is 0 Å². The number of ether oxygens (including phenoxy) is 1. The molecule has 1 unspecified atom stereocenters. The van der Waals surface area contributed by atoms with E-state index in [4.69, 9.17) is 16.3 Å². The summed E-state index contributed by atoms with van der Waals surface area (Å²) in [6.07, 6.45) is 5.32. The number of rotatable bonds is 6. The van der Waals surface area contributed by atoms with Gasteiger partial charge in [-0.1, -0.05) is 11.6 Å². The highest BCUT2D eigenvalue weighted by atomic mass is 79.9. The van der Waals surface area contributed by atoms with Crippen LogP contribution in [-0.2, 0) is 22.4 Å². The molecule has 8 heteroatoms. The summed E-state index contributed by atoms with van der Waals surface area (Å²) >= 11 is 9.78. The van der Waals surface area contributed by atoms with Crippen LogP contribution in [0.1, 0.15) is 35.4 Å². The first-order chi connectivity index (χ1) is 12.4. The average molecular weight is 438 g/mol. The molecule has 0 aromatic carbocycles. The number of pyridine rings is 2.